The zero-order chi connectivity index (χ0) is 16.8. The maximum absolute atomic E-state index is 12.2. The Labute approximate surface area is 139 Å². The van der Waals surface area contributed by atoms with Gasteiger partial charge in [-0.15, -0.1) is 0 Å². The van der Waals surface area contributed by atoms with Crippen molar-refractivity contribution in [3.05, 3.63) is 84.2 Å². The number of para-hydroxylation sites is 2. The van der Waals surface area contributed by atoms with E-state index in [9.17, 15) is 9.90 Å². The molecule has 0 fully saturated rings. The molecule has 0 aliphatic rings. The quantitative estimate of drug-likeness (QED) is 0.704. The Morgan fingerprint density at radius 3 is 2.42 bits per heavy atom. The fraction of sp³-hybridized carbons (Fsp3) is 0.0526. The van der Waals surface area contributed by atoms with Crippen LogP contribution in [0.25, 0.3) is 0 Å². The standard InChI is InChI=1S/C19H16N2O3/c22-18-4-2-1-3-17(18)21-19(23)15-5-7-16(8-6-15)24-13-14-9-11-20-12-10-14/h1-12,22H,13H2,(H,21,23). The van der Waals surface area contributed by atoms with E-state index in [1.165, 1.54) is 6.07 Å². The molecule has 0 aliphatic heterocycles. The molecule has 2 N–H and O–H groups in total. The number of benzene rings is 2. The molecule has 0 atom stereocenters. The minimum absolute atomic E-state index is 0.0307. The highest BCUT2D eigenvalue weighted by molar-refractivity contribution is 6.05. The van der Waals surface area contributed by atoms with Gasteiger partial charge in [0.1, 0.15) is 18.1 Å². The number of pyridine rings is 1. The number of phenols is 1. The highest BCUT2D eigenvalue weighted by Gasteiger charge is 2.08. The van der Waals surface area contributed by atoms with Gasteiger partial charge in [0.05, 0.1) is 5.69 Å². The van der Waals surface area contributed by atoms with Crippen LogP contribution in [-0.2, 0) is 6.61 Å². The van der Waals surface area contributed by atoms with E-state index in [2.05, 4.69) is 10.3 Å². The van der Waals surface area contributed by atoms with Crippen LogP contribution in [0.5, 0.6) is 11.5 Å². The largest absolute Gasteiger partial charge is 0.506 e. The van der Waals surface area contributed by atoms with Crippen LogP contribution in [0.4, 0.5) is 5.69 Å². The number of amides is 1. The Morgan fingerprint density at radius 2 is 1.71 bits per heavy atom. The second-order valence-corrected chi connectivity index (χ2v) is 5.14. The number of anilines is 1. The summed E-state index contributed by atoms with van der Waals surface area (Å²) in [5.74, 6) is 0.409. The van der Waals surface area contributed by atoms with Gasteiger partial charge in [0, 0.05) is 18.0 Å². The lowest BCUT2D eigenvalue weighted by atomic mass is 10.2. The average Bonchev–Trinajstić information content (AvgIpc) is 2.63. The number of phenolic OH excluding ortho intramolecular Hbond substituents is 1. The Bertz CT molecular complexity index is 818. The van der Waals surface area contributed by atoms with Gasteiger partial charge in [-0.25, -0.2) is 0 Å². The minimum Gasteiger partial charge on any atom is -0.506 e. The number of aromatic nitrogens is 1. The average molecular weight is 320 g/mol. The molecule has 3 aromatic rings. The van der Waals surface area contributed by atoms with Gasteiger partial charge >= 0.3 is 0 Å². The van der Waals surface area contributed by atoms with E-state index >= 15 is 0 Å². The Hall–Kier alpha value is -3.34. The fourth-order valence-corrected chi connectivity index (χ4v) is 2.12. The third kappa shape index (κ3) is 3.89. The molecule has 0 unspecified atom stereocenters. The van der Waals surface area contributed by atoms with Crippen molar-refractivity contribution >= 4 is 11.6 Å². The number of aromatic hydroxyl groups is 1. The molecule has 0 saturated carbocycles. The summed E-state index contributed by atoms with van der Waals surface area (Å²) >= 11 is 0. The predicted octanol–water partition coefficient (Wildman–Crippen LogP) is 3.62. The van der Waals surface area contributed by atoms with Crippen LogP contribution in [0.1, 0.15) is 15.9 Å². The molecular formula is C19H16N2O3. The summed E-state index contributed by atoms with van der Waals surface area (Å²) in [7, 11) is 0. The first-order valence-corrected chi connectivity index (χ1v) is 7.43. The summed E-state index contributed by atoms with van der Waals surface area (Å²) in [5, 5.41) is 12.4. The smallest absolute Gasteiger partial charge is 0.255 e. The minimum atomic E-state index is -0.294. The fourth-order valence-electron chi connectivity index (χ4n) is 2.12. The van der Waals surface area contributed by atoms with Crippen LogP contribution in [0.3, 0.4) is 0 Å². The first-order valence-electron chi connectivity index (χ1n) is 7.43. The molecule has 5 nitrogen and oxygen atoms in total. The SMILES string of the molecule is O=C(Nc1ccccc1O)c1ccc(OCc2ccncc2)cc1. The van der Waals surface area contributed by atoms with Crippen LogP contribution >= 0.6 is 0 Å². The molecule has 24 heavy (non-hydrogen) atoms. The molecule has 2 aromatic carbocycles. The molecular weight excluding hydrogens is 304 g/mol. The second-order valence-electron chi connectivity index (χ2n) is 5.14. The molecule has 0 aliphatic carbocycles. The van der Waals surface area contributed by atoms with E-state index in [0.717, 1.165) is 5.56 Å². The zero-order valence-corrected chi connectivity index (χ0v) is 12.8. The molecule has 5 heteroatoms. The zero-order valence-electron chi connectivity index (χ0n) is 12.8. The molecule has 0 radical (unpaired) electrons. The van der Waals surface area contributed by atoms with Gasteiger partial charge in [-0.1, -0.05) is 12.1 Å². The lowest BCUT2D eigenvalue weighted by molar-refractivity contribution is 0.102. The molecule has 0 spiro atoms. The third-order valence-electron chi connectivity index (χ3n) is 3.42. The summed E-state index contributed by atoms with van der Waals surface area (Å²) in [6, 6.07) is 17.2. The molecule has 3 rings (SSSR count). The van der Waals surface area contributed by atoms with Crippen LogP contribution in [0.2, 0.25) is 0 Å². The maximum atomic E-state index is 12.2. The van der Waals surface area contributed by atoms with Crippen LogP contribution in [0.15, 0.2) is 73.1 Å². The molecule has 1 amide bonds. The lowest BCUT2D eigenvalue weighted by Crippen LogP contribution is -2.11. The highest BCUT2D eigenvalue weighted by atomic mass is 16.5. The van der Waals surface area contributed by atoms with E-state index in [-0.39, 0.29) is 11.7 Å². The molecule has 120 valence electrons. The lowest BCUT2D eigenvalue weighted by Gasteiger charge is -2.09. The first kappa shape index (κ1) is 15.6. The normalized spacial score (nSPS) is 10.2. The summed E-state index contributed by atoms with van der Waals surface area (Å²) < 4.78 is 5.66. The van der Waals surface area contributed by atoms with Crippen molar-refractivity contribution in [3.8, 4) is 11.5 Å². The van der Waals surface area contributed by atoms with Crippen molar-refractivity contribution in [2.45, 2.75) is 6.61 Å². The summed E-state index contributed by atoms with van der Waals surface area (Å²) in [6.07, 6.45) is 3.43. The predicted molar refractivity (Wildman–Crippen MR) is 91.1 cm³/mol. The Morgan fingerprint density at radius 1 is 1.00 bits per heavy atom. The number of nitrogens with one attached hydrogen (secondary N) is 1. The highest BCUT2D eigenvalue weighted by Crippen LogP contribution is 2.22. The number of nitrogens with zero attached hydrogens (tertiary/aromatic N) is 1. The van der Waals surface area contributed by atoms with Crippen LogP contribution in [0, 0.1) is 0 Å². The van der Waals surface area contributed by atoms with E-state index in [1.54, 1.807) is 54.9 Å². The summed E-state index contributed by atoms with van der Waals surface area (Å²) in [6.45, 7) is 0.436. The van der Waals surface area contributed by atoms with E-state index in [1.807, 2.05) is 12.1 Å². The molecule has 0 saturated heterocycles. The van der Waals surface area contributed by atoms with Crippen molar-refractivity contribution in [3.63, 3.8) is 0 Å². The van der Waals surface area contributed by atoms with Crippen molar-refractivity contribution in [1.82, 2.24) is 4.98 Å². The van der Waals surface area contributed by atoms with E-state index < -0.39 is 0 Å². The maximum Gasteiger partial charge on any atom is 0.255 e. The van der Waals surface area contributed by atoms with Crippen molar-refractivity contribution in [1.29, 1.82) is 0 Å². The van der Waals surface area contributed by atoms with Gasteiger partial charge in [0.2, 0.25) is 0 Å². The van der Waals surface area contributed by atoms with Crippen molar-refractivity contribution in [2.75, 3.05) is 5.32 Å². The van der Waals surface area contributed by atoms with Crippen LogP contribution in [-0.4, -0.2) is 16.0 Å². The van der Waals surface area contributed by atoms with Gasteiger partial charge in [-0.05, 0) is 54.1 Å². The third-order valence-corrected chi connectivity index (χ3v) is 3.42. The summed E-state index contributed by atoms with van der Waals surface area (Å²) in [5.41, 5.74) is 1.88. The number of rotatable bonds is 5. The van der Waals surface area contributed by atoms with Crippen molar-refractivity contribution in [2.24, 2.45) is 0 Å². The van der Waals surface area contributed by atoms with Gasteiger partial charge in [-0.3, -0.25) is 9.78 Å². The first-order chi connectivity index (χ1) is 11.7. The van der Waals surface area contributed by atoms with Crippen LogP contribution < -0.4 is 10.1 Å². The van der Waals surface area contributed by atoms with Gasteiger partial charge in [0.15, 0.2) is 0 Å². The van der Waals surface area contributed by atoms with Gasteiger partial charge in [0.25, 0.3) is 5.91 Å². The van der Waals surface area contributed by atoms with Gasteiger partial charge in [-0.2, -0.15) is 0 Å². The van der Waals surface area contributed by atoms with Crippen molar-refractivity contribution < 1.29 is 14.6 Å². The number of hydrogen-bond acceptors (Lipinski definition) is 4. The number of hydrogen-bond donors (Lipinski definition) is 2. The topological polar surface area (TPSA) is 71.5 Å². The number of carbonyl (C=O) groups is 1. The number of ether oxygens (including phenoxy) is 1. The molecule has 1 aromatic heterocycles. The summed E-state index contributed by atoms with van der Waals surface area (Å²) in [4.78, 5) is 16.1. The van der Waals surface area contributed by atoms with E-state index in [4.69, 9.17) is 4.74 Å². The molecule has 1 heterocycles. The molecule has 0 bridgehead atoms. The Kier molecular flexibility index (Phi) is 4.72. The second kappa shape index (κ2) is 7.28. The van der Waals surface area contributed by atoms with E-state index in [0.29, 0.717) is 23.6 Å². The van der Waals surface area contributed by atoms with Gasteiger partial charge < -0.3 is 15.2 Å². The monoisotopic (exact) mass is 320 g/mol. The number of carbonyl (C=O) groups excluding carboxylic acids is 1. The Balaban J connectivity index is 1.61.